The first kappa shape index (κ1) is 25.5. The van der Waals surface area contributed by atoms with Gasteiger partial charge >= 0.3 is 0 Å². The standard InChI is InChI=1S/C38H30N4/c1-27(42-32-19-8-7-18-31(32)36-34(42)23-21-30-17-12-25-40-38(30)36)13-9-10-26-41(2)33-22-20-29-16-11-24-39-37(29)35(33)28-14-5-3-4-6-15-28/h3,5-26H,1,4H2,2H3/b13-9-,26-10+. The molecule has 7 rings (SSSR count). The van der Waals surface area contributed by atoms with Crippen LogP contribution in [0.15, 0.2) is 147 Å². The molecule has 0 fully saturated rings. The number of rotatable bonds is 6. The van der Waals surface area contributed by atoms with E-state index in [1.165, 1.54) is 5.39 Å². The van der Waals surface area contributed by atoms with Crippen molar-refractivity contribution in [1.29, 1.82) is 0 Å². The quantitative estimate of drug-likeness (QED) is 0.197. The van der Waals surface area contributed by atoms with Crippen LogP contribution in [-0.4, -0.2) is 21.6 Å². The summed E-state index contributed by atoms with van der Waals surface area (Å²) >= 11 is 0. The van der Waals surface area contributed by atoms with E-state index in [0.29, 0.717) is 0 Å². The molecule has 0 aliphatic heterocycles. The molecule has 1 aliphatic rings. The number of para-hydroxylation sites is 1. The Morgan fingerprint density at radius 3 is 2.50 bits per heavy atom. The predicted octanol–water partition coefficient (Wildman–Crippen LogP) is 9.47. The number of nitrogens with zero attached hydrogens (tertiary/aromatic N) is 4. The van der Waals surface area contributed by atoms with Gasteiger partial charge in [-0.15, -0.1) is 0 Å². The molecule has 0 N–H and O–H groups in total. The van der Waals surface area contributed by atoms with Crippen LogP contribution in [0.5, 0.6) is 0 Å². The zero-order valence-corrected chi connectivity index (χ0v) is 23.5. The van der Waals surface area contributed by atoms with Crippen LogP contribution in [0.4, 0.5) is 5.69 Å². The van der Waals surface area contributed by atoms with Crippen LogP contribution in [0.3, 0.4) is 0 Å². The van der Waals surface area contributed by atoms with Crippen molar-refractivity contribution in [3.05, 3.63) is 152 Å². The normalized spacial score (nSPS) is 13.6. The first-order valence-corrected chi connectivity index (χ1v) is 14.2. The number of allylic oxidation sites excluding steroid dienone is 10. The summed E-state index contributed by atoms with van der Waals surface area (Å²) in [6.45, 7) is 4.45. The number of hydrogen-bond donors (Lipinski definition) is 0. The van der Waals surface area contributed by atoms with E-state index in [9.17, 15) is 0 Å². The van der Waals surface area contributed by atoms with Crippen LogP contribution >= 0.6 is 0 Å². The minimum absolute atomic E-state index is 0.889. The number of anilines is 1. The fourth-order valence-corrected chi connectivity index (χ4v) is 5.86. The monoisotopic (exact) mass is 542 g/mol. The van der Waals surface area contributed by atoms with E-state index in [2.05, 4.69) is 132 Å². The molecule has 3 aromatic heterocycles. The highest BCUT2D eigenvalue weighted by molar-refractivity contribution is 6.20. The molecule has 0 radical (unpaired) electrons. The van der Waals surface area contributed by atoms with Crippen molar-refractivity contribution in [2.24, 2.45) is 0 Å². The summed E-state index contributed by atoms with van der Waals surface area (Å²) in [4.78, 5) is 11.6. The second-order valence-electron chi connectivity index (χ2n) is 10.4. The van der Waals surface area contributed by atoms with Gasteiger partial charge in [-0.05, 0) is 54.5 Å². The summed E-state index contributed by atoms with van der Waals surface area (Å²) in [5, 5.41) is 4.59. The number of benzene rings is 3. The number of pyridine rings is 2. The Kier molecular flexibility index (Phi) is 6.57. The maximum Gasteiger partial charge on any atom is 0.0802 e. The Balaban J connectivity index is 1.23. The SMILES string of the molecule is C=C(/C=C\C=C\N(C)c1ccc2cccnc2c1C1=CC=CCC=C1)n1c2ccccc2c2c3ncccc3ccc21. The van der Waals surface area contributed by atoms with Crippen LogP contribution in [-0.2, 0) is 0 Å². The Morgan fingerprint density at radius 1 is 0.833 bits per heavy atom. The summed E-state index contributed by atoms with van der Waals surface area (Å²) < 4.78 is 2.22. The molecule has 42 heavy (non-hydrogen) atoms. The predicted molar refractivity (Wildman–Crippen MR) is 179 cm³/mol. The van der Waals surface area contributed by atoms with Crippen LogP contribution in [0, 0.1) is 0 Å². The maximum absolute atomic E-state index is 4.76. The largest absolute Gasteiger partial charge is 0.350 e. The van der Waals surface area contributed by atoms with Gasteiger partial charge in [0.05, 0.1) is 27.8 Å². The second kappa shape index (κ2) is 10.8. The van der Waals surface area contributed by atoms with Crippen LogP contribution in [0.1, 0.15) is 12.0 Å². The van der Waals surface area contributed by atoms with Gasteiger partial charge in [-0.2, -0.15) is 0 Å². The van der Waals surface area contributed by atoms with E-state index >= 15 is 0 Å². The van der Waals surface area contributed by atoms with Crippen LogP contribution in [0.2, 0.25) is 0 Å². The molecule has 0 atom stereocenters. The third-order valence-electron chi connectivity index (χ3n) is 7.81. The summed E-state index contributed by atoms with van der Waals surface area (Å²) in [6, 6.07) is 25.3. The fourth-order valence-electron chi connectivity index (χ4n) is 5.86. The minimum Gasteiger partial charge on any atom is -0.350 e. The fraction of sp³-hybridized carbons (Fsp3) is 0.0526. The van der Waals surface area contributed by atoms with E-state index in [1.807, 2.05) is 30.6 Å². The van der Waals surface area contributed by atoms with E-state index in [1.54, 1.807) is 0 Å². The van der Waals surface area contributed by atoms with Gasteiger partial charge in [-0.25, -0.2) is 0 Å². The molecular weight excluding hydrogens is 512 g/mol. The summed E-state index contributed by atoms with van der Waals surface area (Å²) in [5.74, 6) is 0. The molecular formula is C38H30N4. The molecule has 0 amide bonds. The molecule has 4 nitrogen and oxygen atoms in total. The zero-order chi connectivity index (χ0) is 28.5. The van der Waals surface area contributed by atoms with E-state index < -0.39 is 0 Å². The zero-order valence-electron chi connectivity index (χ0n) is 23.5. The molecule has 0 saturated heterocycles. The highest BCUT2D eigenvalue weighted by atomic mass is 15.1. The first-order chi connectivity index (χ1) is 20.7. The average Bonchev–Trinajstić information content (AvgIpc) is 3.15. The number of fused-ring (bicyclic) bond motifs is 6. The topological polar surface area (TPSA) is 34.0 Å². The first-order valence-electron chi connectivity index (χ1n) is 14.2. The van der Waals surface area contributed by atoms with Crippen LogP contribution < -0.4 is 4.90 Å². The third-order valence-corrected chi connectivity index (χ3v) is 7.81. The van der Waals surface area contributed by atoms with Gasteiger partial charge in [0, 0.05) is 58.4 Å². The van der Waals surface area contributed by atoms with E-state index in [0.717, 1.165) is 67.2 Å². The van der Waals surface area contributed by atoms with Crippen molar-refractivity contribution < 1.29 is 0 Å². The van der Waals surface area contributed by atoms with Crippen molar-refractivity contribution >= 4 is 60.6 Å². The van der Waals surface area contributed by atoms with Crippen molar-refractivity contribution in [3.8, 4) is 0 Å². The smallest absolute Gasteiger partial charge is 0.0802 e. The van der Waals surface area contributed by atoms with E-state index in [4.69, 9.17) is 9.97 Å². The van der Waals surface area contributed by atoms with Crippen LogP contribution in [0.25, 0.3) is 54.9 Å². The number of hydrogen-bond acceptors (Lipinski definition) is 3. The molecule has 3 aromatic carbocycles. The summed E-state index contributed by atoms with van der Waals surface area (Å²) in [7, 11) is 2.08. The Bertz CT molecular complexity index is 2150. The third kappa shape index (κ3) is 4.43. The van der Waals surface area contributed by atoms with Gasteiger partial charge in [-0.1, -0.05) is 85.5 Å². The lowest BCUT2D eigenvalue weighted by molar-refractivity contribution is 1.20. The van der Waals surface area contributed by atoms with Crippen molar-refractivity contribution in [3.63, 3.8) is 0 Å². The Labute approximate surface area is 245 Å². The second-order valence-corrected chi connectivity index (χ2v) is 10.4. The molecule has 4 heteroatoms. The van der Waals surface area contributed by atoms with Crippen molar-refractivity contribution in [2.75, 3.05) is 11.9 Å². The van der Waals surface area contributed by atoms with Crippen molar-refractivity contribution in [1.82, 2.24) is 14.5 Å². The van der Waals surface area contributed by atoms with Gasteiger partial charge in [0.15, 0.2) is 0 Å². The molecule has 0 saturated carbocycles. The summed E-state index contributed by atoms with van der Waals surface area (Å²) in [5.41, 5.74) is 8.50. The Hall–Kier alpha value is -5.48. The molecule has 0 bridgehead atoms. The molecule has 6 aromatic rings. The lowest BCUT2D eigenvalue weighted by atomic mass is 9.98. The highest BCUT2D eigenvalue weighted by Gasteiger charge is 2.16. The van der Waals surface area contributed by atoms with Crippen molar-refractivity contribution in [2.45, 2.75) is 6.42 Å². The highest BCUT2D eigenvalue weighted by Crippen LogP contribution is 2.36. The van der Waals surface area contributed by atoms with Gasteiger partial charge < -0.3 is 9.47 Å². The van der Waals surface area contributed by atoms with Gasteiger partial charge in [-0.3, -0.25) is 9.97 Å². The lowest BCUT2D eigenvalue weighted by Gasteiger charge is -2.20. The maximum atomic E-state index is 4.76. The molecule has 3 heterocycles. The molecule has 202 valence electrons. The van der Waals surface area contributed by atoms with Gasteiger partial charge in [0.2, 0.25) is 0 Å². The lowest BCUT2D eigenvalue weighted by Crippen LogP contribution is -2.10. The average molecular weight is 543 g/mol. The number of aromatic nitrogens is 3. The van der Waals surface area contributed by atoms with Gasteiger partial charge in [0.1, 0.15) is 0 Å². The summed E-state index contributed by atoms with van der Waals surface area (Å²) in [6.07, 6.45) is 23.7. The van der Waals surface area contributed by atoms with Gasteiger partial charge in [0.25, 0.3) is 0 Å². The molecule has 0 spiro atoms. The van der Waals surface area contributed by atoms with E-state index in [-0.39, 0.29) is 0 Å². The Morgan fingerprint density at radius 2 is 1.62 bits per heavy atom. The molecule has 0 unspecified atom stereocenters. The molecule has 1 aliphatic carbocycles. The minimum atomic E-state index is 0.889.